The number of halogens is 1. The first kappa shape index (κ1) is 13.0. The molecule has 0 saturated heterocycles. The molecule has 0 aliphatic rings. The molecule has 0 spiro atoms. The van der Waals surface area contributed by atoms with Crippen molar-refractivity contribution in [2.45, 2.75) is 20.3 Å². The SMILES string of the molecule is CCOC(=O)Cc1ccc(OCC)c(Br)c1. The minimum atomic E-state index is -0.210. The van der Waals surface area contributed by atoms with Crippen LogP contribution in [-0.2, 0) is 16.0 Å². The van der Waals surface area contributed by atoms with Crippen molar-refractivity contribution in [3.05, 3.63) is 28.2 Å². The van der Waals surface area contributed by atoms with Gasteiger partial charge >= 0.3 is 5.97 Å². The third-order valence-electron chi connectivity index (χ3n) is 1.95. The van der Waals surface area contributed by atoms with Gasteiger partial charge in [-0.3, -0.25) is 4.79 Å². The Balaban J connectivity index is 2.69. The summed E-state index contributed by atoms with van der Waals surface area (Å²) in [5.74, 6) is 0.577. The Kier molecular flexibility index (Phi) is 5.32. The van der Waals surface area contributed by atoms with Gasteiger partial charge in [0.1, 0.15) is 5.75 Å². The van der Waals surface area contributed by atoms with Crippen molar-refractivity contribution >= 4 is 21.9 Å². The molecule has 0 aliphatic heterocycles. The molecule has 1 aromatic carbocycles. The second kappa shape index (κ2) is 6.53. The van der Waals surface area contributed by atoms with Crippen LogP contribution in [0.15, 0.2) is 22.7 Å². The number of carbonyl (C=O) groups is 1. The number of benzene rings is 1. The molecule has 0 atom stereocenters. The van der Waals surface area contributed by atoms with Crippen molar-refractivity contribution in [1.82, 2.24) is 0 Å². The van der Waals surface area contributed by atoms with Crippen LogP contribution in [0.1, 0.15) is 19.4 Å². The predicted octanol–water partition coefficient (Wildman–Crippen LogP) is 2.95. The van der Waals surface area contributed by atoms with Gasteiger partial charge in [-0.1, -0.05) is 6.07 Å². The van der Waals surface area contributed by atoms with Gasteiger partial charge in [-0.05, 0) is 47.5 Å². The van der Waals surface area contributed by atoms with Crippen molar-refractivity contribution < 1.29 is 14.3 Å². The maximum absolute atomic E-state index is 11.3. The predicted molar refractivity (Wildman–Crippen MR) is 65.6 cm³/mol. The second-order valence-corrected chi connectivity index (χ2v) is 4.03. The van der Waals surface area contributed by atoms with E-state index < -0.39 is 0 Å². The number of carbonyl (C=O) groups excluding carboxylic acids is 1. The molecule has 0 N–H and O–H groups in total. The van der Waals surface area contributed by atoms with E-state index in [9.17, 15) is 4.79 Å². The van der Waals surface area contributed by atoms with Gasteiger partial charge in [0.05, 0.1) is 24.1 Å². The van der Waals surface area contributed by atoms with Gasteiger partial charge in [0.15, 0.2) is 0 Å². The van der Waals surface area contributed by atoms with Crippen LogP contribution < -0.4 is 4.74 Å². The molecular formula is C12H15BrO3. The molecule has 0 aliphatic carbocycles. The molecule has 0 heterocycles. The zero-order chi connectivity index (χ0) is 12.0. The van der Waals surface area contributed by atoms with Crippen LogP contribution in [0, 0.1) is 0 Å². The summed E-state index contributed by atoms with van der Waals surface area (Å²) in [5, 5.41) is 0. The van der Waals surface area contributed by atoms with Gasteiger partial charge in [0, 0.05) is 0 Å². The van der Waals surface area contributed by atoms with Crippen LogP contribution in [0.3, 0.4) is 0 Å². The molecule has 0 fully saturated rings. The number of rotatable bonds is 5. The third kappa shape index (κ3) is 3.85. The highest BCUT2D eigenvalue weighted by atomic mass is 79.9. The lowest BCUT2D eigenvalue weighted by molar-refractivity contribution is -0.142. The maximum Gasteiger partial charge on any atom is 0.310 e. The molecule has 0 amide bonds. The summed E-state index contributed by atoms with van der Waals surface area (Å²) in [7, 11) is 0. The summed E-state index contributed by atoms with van der Waals surface area (Å²) in [4.78, 5) is 11.3. The molecule has 1 aromatic rings. The van der Waals surface area contributed by atoms with Gasteiger partial charge in [-0.2, -0.15) is 0 Å². The molecule has 16 heavy (non-hydrogen) atoms. The molecule has 4 heteroatoms. The molecule has 1 rings (SSSR count). The fraction of sp³-hybridized carbons (Fsp3) is 0.417. The Hall–Kier alpha value is -1.03. The van der Waals surface area contributed by atoms with Crippen LogP contribution in [-0.4, -0.2) is 19.2 Å². The molecular weight excluding hydrogens is 272 g/mol. The minimum Gasteiger partial charge on any atom is -0.493 e. The maximum atomic E-state index is 11.3. The average Bonchev–Trinajstić information content (AvgIpc) is 2.22. The van der Waals surface area contributed by atoms with Crippen molar-refractivity contribution in [3.63, 3.8) is 0 Å². The largest absolute Gasteiger partial charge is 0.493 e. The number of hydrogen-bond donors (Lipinski definition) is 0. The molecule has 0 saturated carbocycles. The van der Waals surface area contributed by atoms with E-state index in [0.29, 0.717) is 19.6 Å². The molecule has 0 aromatic heterocycles. The summed E-state index contributed by atoms with van der Waals surface area (Å²) < 4.78 is 11.1. The fourth-order valence-electron chi connectivity index (χ4n) is 1.31. The molecule has 0 unspecified atom stereocenters. The zero-order valence-electron chi connectivity index (χ0n) is 9.46. The first-order valence-corrected chi connectivity index (χ1v) is 6.03. The minimum absolute atomic E-state index is 0.210. The van der Waals surface area contributed by atoms with Gasteiger partial charge in [-0.15, -0.1) is 0 Å². The van der Waals surface area contributed by atoms with Crippen LogP contribution >= 0.6 is 15.9 Å². The zero-order valence-corrected chi connectivity index (χ0v) is 11.0. The van der Waals surface area contributed by atoms with E-state index in [4.69, 9.17) is 9.47 Å². The molecule has 0 radical (unpaired) electrons. The highest BCUT2D eigenvalue weighted by molar-refractivity contribution is 9.10. The third-order valence-corrected chi connectivity index (χ3v) is 2.57. The van der Waals surface area contributed by atoms with Crippen molar-refractivity contribution in [2.75, 3.05) is 13.2 Å². The molecule has 3 nitrogen and oxygen atoms in total. The Labute approximate surface area is 104 Å². The van der Waals surface area contributed by atoms with E-state index in [2.05, 4.69) is 15.9 Å². The van der Waals surface area contributed by atoms with E-state index in [1.807, 2.05) is 25.1 Å². The first-order valence-electron chi connectivity index (χ1n) is 5.24. The summed E-state index contributed by atoms with van der Waals surface area (Å²) in [6.45, 7) is 4.76. The normalized spacial score (nSPS) is 9.94. The van der Waals surface area contributed by atoms with E-state index in [0.717, 1.165) is 15.8 Å². The lowest BCUT2D eigenvalue weighted by atomic mass is 10.1. The Bertz CT molecular complexity index is 363. The lowest BCUT2D eigenvalue weighted by Crippen LogP contribution is -2.07. The second-order valence-electron chi connectivity index (χ2n) is 3.18. The van der Waals surface area contributed by atoms with Gasteiger partial charge in [0.2, 0.25) is 0 Å². The summed E-state index contributed by atoms with van der Waals surface area (Å²) in [6, 6.07) is 5.59. The van der Waals surface area contributed by atoms with Crippen LogP contribution in [0.25, 0.3) is 0 Å². The smallest absolute Gasteiger partial charge is 0.310 e. The highest BCUT2D eigenvalue weighted by Crippen LogP contribution is 2.26. The van der Waals surface area contributed by atoms with Crippen LogP contribution in [0.2, 0.25) is 0 Å². The van der Waals surface area contributed by atoms with Gasteiger partial charge in [0.25, 0.3) is 0 Å². The Morgan fingerprint density at radius 2 is 2.06 bits per heavy atom. The summed E-state index contributed by atoms with van der Waals surface area (Å²) in [6.07, 6.45) is 0.291. The Morgan fingerprint density at radius 3 is 2.62 bits per heavy atom. The van der Waals surface area contributed by atoms with E-state index in [-0.39, 0.29) is 5.97 Å². The quantitative estimate of drug-likeness (QED) is 0.781. The van der Waals surface area contributed by atoms with Gasteiger partial charge < -0.3 is 9.47 Å². The number of ether oxygens (including phenoxy) is 2. The van der Waals surface area contributed by atoms with E-state index in [1.165, 1.54) is 0 Å². The summed E-state index contributed by atoms with van der Waals surface area (Å²) in [5.41, 5.74) is 0.911. The molecule has 88 valence electrons. The number of esters is 1. The highest BCUT2D eigenvalue weighted by Gasteiger charge is 2.07. The monoisotopic (exact) mass is 286 g/mol. The molecule has 0 bridgehead atoms. The number of hydrogen-bond acceptors (Lipinski definition) is 3. The lowest BCUT2D eigenvalue weighted by Gasteiger charge is -2.07. The van der Waals surface area contributed by atoms with Gasteiger partial charge in [-0.25, -0.2) is 0 Å². The first-order chi connectivity index (χ1) is 7.67. The topological polar surface area (TPSA) is 35.5 Å². The van der Waals surface area contributed by atoms with Crippen molar-refractivity contribution in [3.8, 4) is 5.75 Å². The fourth-order valence-corrected chi connectivity index (χ4v) is 1.85. The van der Waals surface area contributed by atoms with E-state index >= 15 is 0 Å². The summed E-state index contributed by atoms with van der Waals surface area (Å²) >= 11 is 3.40. The van der Waals surface area contributed by atoms with Crippen LogP contribution in [0.4, 0.5) is 0 Å². The standard InChI is InChI=1S/C12H15BrO3/c1-3-15-11-6-5-9(7-10(11)13)8-12(14)16-4-2/h5-7H,3-4,8H2,1-2H3. The van der Waals surface area contributed by atoms with Crippen LogP contribution in [0.5, 0.6) is 5.75 Å². The van der Waals surface area contributed by atoms with Crippen molar-refractivity contribution in [2.24, 2.45) is 0 Å². The average molecular weight is 287 g/mol. The van der Waals surface area contributed by atoms with Crippen molar-refractivity contribution in [1.29, 1.82) is 0 Å². The van der Waals surface area contributed by atoms with E-state index in [1.54, 1.807) is 6.92 Å². The Morgan fingerprint density at radius 1 is 1.31 bits per heavy atom.